The third-order valence-corrected chi connectivity index (χ3v) is 5.18. The lowest BCUT2D eigenvalue weighted by Crippen LogP contribution is -2.50. The smallest absolute Gasteiger partial charge is 0.311 e. The van der Waals surface area contributed by atoms with Gasteiger partial charge in [0.25, 0.3) is 0 Å². The fraction of sp³-hybridized carbons (Fsp3) is 0.867. The van der Waals surface area contributed by atoms with E-state index in [9.17, 15) is 14.7 Å². The molecular weight excluding hydrogens is 256 g/mol. The molecule has 114 valence electrons. The first-order valence-corrected chi connectivity index (χ1v) is 7.78. The van der Waals surface area contributed by atoms with Crippen LogP contribution in [0.1, 0.15) is 46.0 Å². The Balaban J connectivity index is 1.99. The first-order valence-electron chi connectivity index (χ1n) is 7.78. The summed E-state index contributed by atoms with van der Waals surface area (Å²) in [6.07, 6.45) is 4.29. The summed E-state index contributed by atoms with van der Waals surface area (Å²) in [4.78, 5) is 25.8. The van der Waals surface area contributed by atoms with Crippen LogP contribution in [0.5, 0.6) is 0 Å². The van der Waals surface area contributed by atoms with Crippen molar-refractivity contribution < 1.29 is 14.7 Å². The Labute approximate surface area is 120 Å². The number of hydrogen-bond donors (Lipinski definition) is 2. The second-order valence-electron chi connectivity index (χ2n) is 6.25. The summed E-state index contributed by atoms with van der Waals surface area (Å²) in [5.74, 6) is -0.0544. The largest absolute Gasteiger partial charge is 0.481 e. The maximum Gasteiger partial charge on any atom is 0.311 e. The zero-order chi connectivity index (χ0) is 14.8. The number of hydrogen-bond acceptors (Lipinski definition) is 3. The highest BCUT2D eigenvalue weighted by atomic mass is 16.4. The summed E-state index contributed by atoms with van der Waals surface area (Å²) >= 11 is 0. The van der Waals surface area contributed by atoms with E-state index >= 15 is 0 Å². The molecule has 0 radical (unpaired) electrons. The highest BCUT2D eigenvalue weighted by Crippen LogP contribution is 2.35. The molecule has 0 spiro atoms. The van der Waals surface area contributed by atoms with Crippen molar-refractivity contribution in [1.82, 2.24) is 10.2 Å². The average molecular weight is 282 g/mol. The average Bonchev–Trinajstić information content (AvgIpc) is 2.92. The van der Waals surface area contributed by atoms with Crippen LogP contribution in [-0.4, -0.2) is 47.6 Å². The van der Waals surface area contributed by atoms with E-state index in [1.807, 2.05) is 6.92 Å². The van der Waals surface area contributed by atoms with E-state index in [1.54, 1.807) is 4.90 Å². The Morgan fingerprint density at radius 3 is 2.70 bits per heavy atom. The molecule has 2 aliphatic rings. The number of carbonyl (C=O) groups is 2. The molecule has 0 aromatic carbocycles. The lowest BCUT2D eigenvalue weighted by molar-refractivity contribution is -0.148. The summed E-state index contributed by atoms with van der Waals surface area (Å²) in [5.41, 5.74) is -0.728. The number of aliphatic carboxylic acids is 1. The maximum atomic E-state index is 12.6. The zero-order valence-corrected chi connectivity index (χ0v) is 12.5. The van der Waals surface area contributed by atoms with Gasteiger partial charge in [0.05, 0.1) is 11.5 Å². The number of carboxylic acids is 1. The SMILES string of the molecule is CCC1CCNC(C(=O)N2CCC(CC)(C(=O)O)C2)C1. The molecule has 5 nitrogen and oxygen atoms in total. The monoisotopic (exact) mass is 282 g/mol. The normalized spacial score (nSPS) is 34.2. The molecule has 2 aliphatic heterocycles. The summed E-state index contributed by atoms with van der Waals surface area (Å²) < 4.78 is 0. The van der Waals surface area contributed by atoms with E-state index < -0.39 is 11.4 Å². The van der Waals surface area contributed by atoms with Gasteiger partial charge in [0.1, 0.15) is 0 Å². The molecule has 0 saturated carbocycles. The molecule has 1 amide bonds. The first kappa shape index (κ1) is 15.3. The van der Waals surface area contributed by atoms with Crippen LogP contribution in [0.25, 0.3) is 0 Å². The van der Waals surface area contributed by atoms with Crippen LogP contribution in [-0.2, 0) is 9.59 Å². The van der Waals surface area contributed by atoms with Crippen molar-refractivity contribution in [3.05, 3.63) is 0 Å². The molecular formula is C15H26N2O3. The third-order valence-electron chi connectivity index (χ3n) is 5.18. The van der Waals surface area contributed by atoms with Crippen LogP contribution in [0, 0.1) is 11.3 Å². The number of amides is 1. The van der Waals surface area contributed by atoms with Gasteiger partial charge in [-0.1, -0.05) is 20.3 Å². The van der Waals surface area contributed by atoms with Crippen LogP contribution in [0.15, 0.2) is 0 Å². The Hall–Kier alpha value is -1.10. The fourth-order valence-corrected chi connectivity index (χ4v) is 3.45. The first-order chi connectivity index (χ1) is 9.52. The van der Waals surface area contributed by atoms with Crippen molar-refractivity contribution >= 4 is 11.9 Å². The van der Waals surface area contributed by atoms with Crippen molar-refractivity contribution in [2.24, 2.45) is 11.3 Å². The minimum atomic E-state index is -0.765. The van der Waals surface area contributed by atoms with Gasteiger partial charge in [0.15, 0.2) is 0 Å². The number of likely N-dealkylation sites (tertiary alicyclic amines) is 1. The van der Waals surface area contributed by atoms with E-state index in [1.165, 1.54) is 0 Å². The van der Waals surface area contributed by atoms with E-state index in [-0.39, 0.29) is 11.9 Å². The molecule has 0 aliphatic carbocycles. The maximum absolute atomic E-state index is 12.6. The van der Waals surface area contributed by atoms with Gasteiger partial charge < -0.3 is 15.3 Å². The topological polar surface area (TPSA) is 69.6 Å². The van der Waals surface area contributed by atoms with Gasteiger partial charge >= 0.3 is 5.97 Å². The van der Waals surface area contributed by atoms with Crippen molar-refractivity contribution in [3.63, 3.8) is 0 Å². The van der Waals surface area contributed by atoms with Crippen molar-refractivity contribution in [1.29, 1.82) is 0 Å². The molecule has 2 N–H and O–H groups in total. The van der Waals surface area contributed by atoms with Gasteiger partial charge in [-0.3, -0.25) is 9.59 Å². The molecule has 2 fully saturated rings. The highest BCUT2D eigenvalue weighted by Gasteiger charge is 2.46. The number of piperidine rings is 1. The molecule has 2 saturated heterocycles. The van der Waals surface area contributed by atoms with E-state index in [0.29, 0.717) is 31.8 Å². The second kappa shape index (κ2) is 6.12. The van der Waals surface area contributed by atoms with E-state index in [2.05, 4.69) is 12.2 Å². The quantitative estimate of drug-likeness (QED) is 0.819. The predicted octanol–water partition coefficient (Wildman–Crippen LogP) is 1.48. The van der Waals surface area contributed by atoms with E-state index in [4.69, 9.17) is 0 Å². The summed E-state index contributed by atoms with van der Waals surface area (Å²) in [5, 5.41) is 12.7. The summed E-state index contributed by atoms with van der Waals surface area (Å²) in [6, 6.07) is -0.116. The Kier molecular flexibility index (Phi) is 4.68. The highest BCUT2D eigenvalue weighted by molar-refractivity contribution is 5.84. The summed E-state index contributed by atoms with van der Waals surface area (Å²) in [7, 11) is 0. The Morgan fingerprint density at radius 1 is 1.40 bits per heavy atom. The van der Waals surface area contributed by atoms with Gasteiger partial charge in [-0.2, -0.15) is 0 Å². The fourth-order valence-electron chi connectivity index (χ4n) is 3.45. The summed E-state index contributed by atoms with van der Waals surface area (Å²) in [6.45, 7) is 5.90. The molecule has 20 heavy (non-hydrogen) atoms. The lowest BCUT2D eigenvalue weighted by atomic mass is 9.84. The number of carboxylic acid groups (broad SMARTS) is 1. The molecule has 0 aromatic rings. The Bertz CT molecular complexity index is 385. The molecule has 0 aromatic heterocycles. The molecule has 2 rings (SSSR count). The number of nitrogens with zero attached hydrogens (tertiary/aromatic N) is 1. The Morgan fingerprint density at radius 2 is 2.15 bits per heavy atom. The van der Waals surface area contributed by atoms with Gasteiger partial charge in [-0.15, -0.1) is 0 Å². The van der Waals surface area contributed by atoms with Crippen LogP contribution < -0.4 is 5.32 Å². The molecule has 3 atom stereocenters. The van der Waals surface area contributed by atoms with Crippen LogP contribution in [0.4, 0.5) is 0 Å². The van der Waals surface area contributed by atoms with Crippen molar-refractivity contribution in [3.8, 4) is 0 Å². The third kappa shape index (κ3) is 2.82. The molecule has 3 unspecified atom stereocenters. The van der Waals surface area contributed by atoms with Gasteiger partial charge in [0, 0.05) is 13.1 Å². The lowest BCUT2D eigenvalue weighted by Gasteiger charge is -2.32. The van der Waals surface area contributed by atoms with Gasteiger partial charge in [-0.05, 0) is 38.1 Å². The minimum Gasteiger partial charge on any atom is -0.481 e. The van der Waals surface area contributed by atoms with Gasteiger partial charge in [-0.25, -0.2) is 0 Å². The number of nitrogens with one attached hydrogen (secondary N) is 1. The minimum absolute atomic E-state index is 0.0970. The zero-order valence-electron chi connectivity index (χ0n) is 12.5. The molecule has 2 heterocycles. The van der Waals surface area contributed by atoms with Crippen LogP contribution in [0.3, 0.4) is 0 Å². The van der Waals surface area contributed by atoms with Crippen molar-refractivity contribution in [2.75, 3.05) is 19.6 Å². The second-order valence-corrected chi connectivity index (χ2v) is 6.25. The molecule has 5 heteroatoms. The van der Waals surface area contributed by atoms with Gasteiger partial charge in [0.2, 0.25) is 5.91 Å². The molecule has 0 bridgehead atoms. The number of carbonyl (C=O) groups excluding carboxylic acids is 1. The van der Waals surface area contributed by atoms with E-state index in [0.717, 1.165) is 25.8 Å². The van der Waals surface area contributed by atoms with Crippen molar-refractivity contribution in [2.45, 2.75) is 52.0 Å². The standard InChI is InChI=1S/C15H26N2O3/c1-3-11-5-7-16-12(9-11)13(18)17-8-6-15(4-2,10-17)14(19)20/h11-12,16H,3-10H2,1-2H3,(H,19,20). The van der Waals surface area contributed by atoms with Crippen LogP contribution >= 0.6 is 0 Å². The predicted molar refractivity (Wildman–Crippen MR) is 76.4 cm³/mol. The van der Waals surface area contributed by atoms with Crippen LogP contribution in [0.2, 0.25) is 0 Å². The number of rotatable bonds is 4.